The lowest BCUT2D eigenvalue weighted by molar-refractivity contribution is 0.554. The third-order valence-corrected chi connectivity index (χ3v) is 3.72. The Morgan fingerprint density at radius 1 is 0.652 bits per heavy atom. The van der Waals surface area contributed by atoms with Crippen molar-refractivity contribution in [3.63, 3.8) is 0 Å². The van der Waals surface area contributed by atoms with Crippen molar-refractivity contribution in [1.29, 1.82) is 0 Å². The van der Waals surface area contributed by atoms with Gasteiger partial charge in [-0.3, -0.25) is 0 Å². The van der Waals surface area contributed by atoms with E-state index in [4.69, 9.17) is 5.73 Å². The molecule has 0 atom stereocenters. The van der Waals surface area contributed by atoms with Crippen molar-refractivity contribution in [1.82, 2.24) is 16.0 Å². The maximum atomic E-state index is 5.44. The van der Waals surface area contributed by atoms with Crippen LogP contribution < -0.4 is 21.7 Å². The van der Waals surface area contributed by atoms with Crippen LogP contribution in [0.5, 0.6) is 0 Å². The van der Waals surface area contributed by atoms with Gasteiger partial charge in [0.25, 0.3) is 0 Å². The van der Waals surface area contributed by atoms with E-state index in [1.807, 2.05) is 0 Å². The Morgan fingerprint density at radius 3 is 1.65 bits per heavy atom. The largest absolute Gasteiger partial charge is 0.329 e. The minimum absolute atomic E-state index is 0.231. The van der Waals surface area contributed by atoms with E-state index in [9.17, 15) is 0 Å². The van der Waals surface area contributed by atoms with Gasteiger partial charge in [-0.15, -0.1) is 0 Å². The monoisotopic (exact) mass is 312 g/mol. The summed E-state index contributed by atoms with van der Waals surface area (Å²) in [7, 11) is 0. The first-order valence-electron chi connectivity index (χ1n) is 8.36. The maximum absolute atomic E-state index is 5.44. The van der Waals surface area contributed by atoms with Gasteiger partial charge < -0.3 is 21.7 Å². The summed E-state index contributed by atoms with van der Waals surface area (Å²) in [5.41, 5.74) is 8.03. The molecule has 0 aliphatic carbocycles. The molecule has 0 aliphatic rings. The van der Waals surface area contributed by atoms with Crippen LogP contribution in [0.25, 0.3) is 0 Å². The zero-order chi connectivity index (χ0) is 16.2. The Balaban J connectivity index is 1.80. The summed E-state index contributed by atoms with van der Waals surface area (Å²) in [5.74, 6) is 0. The highest BCUT2D eigenvalue weighted by Gasteiger charge is 2.12. The molecular weight excluding hydrogens is 284 g/mol. The van der Waals surface area contributed by atoms with Gasteiger partial charge in [0.15, 0.2) is 0 Å². The van der Waals surface area contributed by atoms with Crippen LogP contribution in [0.1, 0.15) is 17.2 Å². The van der Waals surface area contributed by atoms with Crippen LogP contribution in [0.4, 0.5) is 0 Å². The molecule has 124 valence electrons. The first-order chi connectivity index (χ1) is 11.4. The van der Waals surface area contributed by atoms with Gasteiger partial charge in [0.1, 0.15) is 0 Å². The number of nitrogens with two attached hydrogens (primary N) is 1. The number of rotatable bonds is 11. The maximum Gasteiger partial charge on any atom is 0.0577 e. The number of benzene rings is 2. The van der Waals surface area contributed by atoms with Crippen molar-refractivity contribution < 1.29 is 0 Å². The first-order valence-corrected chi connectivity index (χ1v) is 8.36. The topological polar surface area (TPSA) is 62.1 Å². The fourth-order valence-corrected chi connectivity index (χ4v) is 2.55. The van der Waals surface area contributed by atoms with E-state index in [0.29, 0.717) is 6.54 Å². The quantitative estimate of drug-likeness (QED) is 0.475. The van der Waals surface area contributed by atoms with E-state index in [0.717, 1.165) is 32.7 Å². The summed E-state index contributed by atoms with van der Waals surface area (Å²) in [6, 6.07) is 21.4. The van der Waals surface area contributed by atoms with Gasteiger partial charge >= 0.3 is 0 Å². The van der Waals surface area contributed by atoms with Crippen molar-refractivity contribution >= 4 is 0 Å². The number of hydrogen-bond acceptors (Lipinski definition) is 4. The smallest absolute Gasteiger partial charge is 0.0577 e. The molecule has 2 aromatic carbocycles. The molecule has 0 aromatic heterocycles. The van der Waals surface area contributed by atoms with Crippen LogP contribution in [0, 0.1) is 0 Å². The second-order valence-corrected chi connectivity index (χ2v) is 5.50. The molecular formula is C19H28N4. The van der Waals surface area contributed by atoms with Gasteiger partial charge in [-0.05, 0) is 11.1 Å². The van der Waals surface area contributed by atoms with Gasteiger partial charge in [0, 0.05) is 39.3 Å². The van der Waals surface area contributed by atoms with Gasteiger partial charge in [0.05, 0.1) is 6.04 Å². The van der Waals surface area contributed by atoms with Crippen LogP contribution >= 0.6 is 0 Å². The summed E-state index contributed by atoms with van der Waals surface area (Å²) in [5, 5.41) is 10.4. The molecule has 4 heteroatoms. The summed E-state index contributed by atoms with van der Waals surface area (Å²) >= 11 is 0. The highest BCUT2D eigenvalue weighted by atomic mass is 15.0. The highest BCUT2D eigenvalue weighted by molar-refractivity contribution is 5.31. The van der Waals surface area contributed by atoms with Crippen LogP contribution in [0.2, 0.25) is 0 Å². The molecule has 0 bridgehead atoms. The number of nitrogens with one attached hydrogen (secondary N) is 3. The third-order valence-electron chi connectivity index (χ3n) is 3.72. The molecule has 5 N–H and O–H groups in total. The molecule has 0 amide bonds. The molecule has 23 heavy (non-hydrogen) atoms. The molecule has 0 heterocycles. The van der Waals surface area contributed by atoms with E-state index < -0.39 is 0 Å². The van der Waals surface area contributed by atoms with Gasteiger partial charge in [-0.25, -0.2) is 0 Å². The lowest BCUT2D eigenvalue weighted by Gasteiger charge is -2.20. The summed E-state index contributed by atoms with van der Waals surface area (Å²) in [6.45, 7) is 5.36. The molecule has 2 aromatic rings. The molecule has 4 nitrogen and oxygen atoms in total. The average molecular weight is 312 g/mol. The predicted octanol–water partition coefficient (Wildman–Crippen LogP) is 1.50. The van der Waals surface area contributed by atoms with E-state index in [1.165, 1.54) is 11.1 Å². The third kappa shape index (κ3) is 6.50. The minimum atomic E-state index is 0.231. The lowest BCUT2D eigenvalue weighted by Crippen LogP contribution is -2.35. The first kappa shape index (κ1) is 17.6. The Hall–Kier alpha value is -1.72. The summed E-state index contributed by atoms with van der Waals surface area (Å²) in [6.07, 6.45) is 0. The zero-order valence-electron chi connectivity index (χ0n) is 13.7. The van der Waals surface area contributed by atoms with E-state index >= 15 is 0 Å². The Labute approximate surface area is 139 Å². The Bertz CT molecular complexity index is 476. The Kier molecular flexibility index (Phi) is 8.37. The second kappa shape index (κ2) is 10.9. The van der Waals surface area contributed by atoms with Gasteiger partial charge in [-0.1, -0.05) is 60.7 Å². The van der Waals surface area contributed by atoms with Crippen molar-refractivity contribution in [3.8, 4) is 0 Å². The van der Waals surface area contributed by atoms with Gasteiger partial charge in [-0.2, -0.15) is 0 Å². The van der Waals surface area contributed by atoms with Crippen molar-refractivity contribution in [2.75, 3.05) is 39.3 Å². The van der Waals surface area contributed by atoms with E-state index in [2.05, 4.69) is 76.6 Å². The van der Waals surface area contributed by atoms with Crippen molar-refractivity contribution in [2.45, 2.75) is 6.04 Å². The van der Waals surface area contributed by atoms with Crippen LogP contribution in [-0.2, 0) is 0 Å². The molecule has 0 saturated heterocycles. The van der Waals surface area contributed by atoms with Crippen molar-refractivity contribution in [3.05, 3.63) is 71.8 Å². The highest BCUT2D eigenvalue weighted by Crippen LogP contribution is 2.21. The SMILES string of the molecule is NCCNCCNCCNC(c1ccccc1)c1ccccc1. The molecule has 0 saturated carbocycles. The zero-order valence-corrected chi connectivity index (χ0v) is 13.7. The predicted molar refractivity (Wildman–Crippen MR) is 97.5 cm³/mol. The summed E-state index contributed by atoms with van der Waals surface area (Å²) in [4.78, 5) is 0. The molecule has 0 spiro atoms. The Morgan fingerprint density at radius 2 is 1.13 bits per heavy atom. The normalized spacial score (nSPS) is 11.0. The van der Waals surface area contributed by atoms with E-state index in [-0.39, 0.29) is 6.04 Å². The van der Waals surface area contributed by atoms with E-state index in [1.54, 1.807) is 0 Å². The molecule has 2 rings (SSSR count). The second-order valence-electron chi connectivity index (χ2n) is 5.50. The lowest BCUT2D eigenvalue weighted by atomic mass is 9.99. The standard InChI is InChI=1S/C19H28N4/c20-11-12-21-13-14-22-15-16-23-19(17-7-3-1-4-8-17)18-9-5-2-6-10-18/h1-10,19,21-23H,11-16,20H2. The van der Waals surface area contributed by atoms with Crippen LogP contribution in [0.15, 0.2) is 60.7 Å². The summed E-state index contributed by atoms with van der Waals surface area (Å²) < 4.78 is 0. The molecule has 0 radical (unpaired) electrons. The number of hydrogen-bond donors (Lipinski definition) is 4. The molecule has 0 aliphatic heterocycles. The van der Waals surface area contributed by atoms with Crippen LogP contribution in [0.3, 0.4) is 0 Å². The molecule has 0 unspecified atom stereocenters. The average Bonchev–Trinajstić information content (AvgIpc) is 2.62. The van der Waals surface area contributed by atoms with Gasteiger partial charge in [0.2, 0.25) is 0 Å². The fourth-order valence-electron chi connectivity index (χ4n) is 2.55. The van der Waals surface area contributed by atoms with Crippen LogP contribution in [-0.4, -0.2) is 39.3 Å². The molecule has 0 fully saturated rings. The minimum Gasteiger partial charge on any atom is -0.329 e. The fraction of sp³-hybridized carbons (Fsp3) is 0.368. The van der Waals surface area contributed by atoms with Crippen molar-refractivity contribution in [2.24, 2.45) is 5.73 Å².